The summed E-state index contributed by atoms with van der Waals surface area (Å²) < 4.78 is 0. The first-order valence-electron chi connectivity index (χ1n) is 5.40. The van der Waals surface area contributed by atoms with E-state index < -0.39 is 0 Å². The zero-order chi connectivity index (χ0) is 11.4. The third-order valence-corrected chi connectivity index (χ3v) is 2.47. The van der Waals surface area contributed by atoms with Crippen molar-refractivity contribution in [2.75, 3.05) is 0 Å². The van der Waals surface area contributed by atoms with E-state index in [2.05, 4.69) is 23.7 Å². The second-order valence-electron chi connectivity index (χ2n) is 4.11. The molecule has 1 aliphatic rings. The molecular weight excluding hydrogens is 198 g/mol. The molecule has 0 N–H and O–H groups in total. The fourth-order valence-electron chi connectivity index (χ4n) is 1.77. The van der Waals surface area contributed by atoms with E-state index in [9.17, 15) is 4.79 Å². The predicted octanol–water partition coefficient (Wildman–Crippen LogP) is 2.36. The third-order valence-electron chi connectivity index (χ3n) is 2.47. The normalized spacial score (nSPS) is 19.7. The van der Waals surface area contributed by atoms with Crippen LogP contribution < -0.4 is 0 Å². The molecule has 0 aromatic carbocycles. The number of hydrogen-bond acceptors (Lipinski definition) is 2. The van der Waals surface area contributed by atoms with Gasteiger partial charge in [0.2, 0.25) is 0 Å². The zero-order valence-electron chi connectivity index (χ0n) is 9.23. The van der Waals surface area contributed by atoms with Gasteiger partial charge in [0, 0.05) is 18.2 Å². The smallest absolute Gasteiger partial charge is 0.156 e. The van der Waals surface area contributed by atoms with Gasteiger partial charge in [0.25, 0.3) is 0 Å². The van der Waals surface area contributed by atoms with Crippen LogP contribution in [0.15, 0.2) is 36.0 Å². The van der Waals surface area contributed by atoms with Crippen molar-refractivity contribution in [3.63, 3.8) is 0 Å². The Balaban J connectivity index is 2.16. The molecule has 80 valence electrons. The summed E-state index contributed by atoms with van der Waals surface area (Å²) in [6.07, 6.45) is 4.92. The van der Waals surface area contributed by atoms with Gasteiger partial charge in [-0.1, -0.05) is 18.9 Å². The molecule has 2 heteroatoms. The molecule has 0 saturated heterocycles. The molecule has 0 radical (unpaired) electrons. The molecule has 2 rings (SSSR count). The van der Waals surface area contributed by atoms with Crippen molar-refractivity contribution in [1.82, 2.24) is 4.98 Å². The molecule has 1 aliphatic carbocycles. The minimum Gasteiger partial charge on any atom is -0.295 e. The summed E-state index contributed by atoms with van der Waals surface area (Å²) in [6, 6.07) is 5.62. The number of allylic oxidation sites excluding steroid dienone is 2. The summed E-state index contributed by atoms with van der Waals surface area (Å²) in [5.74, 6) is 6.59. The van der Waals surface area contributed by atoms with Gasteiger partial charge in [0.15, 0.2) is 5.78 Å². The fraction of sp³-hybridized carbons (Fsp3) is 0.286. The van der Waals surface area contributed by atoms with Crippen LogP contribution in [-0.4, -0.2) is 10.8 Å². The van der Waals surface area contributed by atoms with Gasteiger partial charge in [0.1, 0.15) is 5.69 Å². The van der Waals surface area contributed by atoms with Gasteiger partial charge in [-0.3, -0.25) is 4.79 Å². The maximum Gasteiger partial charge on any atom is 0.156 e. The highest BCUT2D eigenvalue weighted by molar-refractivity contribution is 5.92. The van der Waals surface area contributed by atoms with Gasteiger partial charge >= 0.3 is 0 Å². The van der Waals surface area contributed by atoms with Crippen molar-refractivity contribution in [2.24, 2.45) is 5.92 Å². The first-order valence-corrected chi connectivity index (χ1v) is 5.40. The predicted molar refractivity (Wildman–Crippen MR) is 62.6 cm³/mol. The summed E-state index contributed by atoms with van der Waals surface area (Å²) in [6.45, 7) is 2.08. The van der Waals surface area contributed by atoms with Gasteiger partial charge in [-0.25, -0.2) is 4.98 Å². The summed E-state index contributed by atoms with van der Waals surface area (Å²) in [5, 5.41) is 0. The van der Waals surface area contributed by atoms with Crippen LogP contribution in [0, 0.1) is 17.8 Å². The average Bonchev–Trinajstić information content (AvgIpc) is 2.27. The minimum absolute atomic E-state index is 0.184. The molecule has 2 nitrogen and oxygen atoms in total. The van der Waals surface area contributed by atoms with Crippen molar-refractivity contribution in [3.05, 3.63) is 41.7 Å². The largest absolute Gasteiger partial charge is 0.295 e. The van der Waals surface area contributed by atoms with Crippen LogP contribution in [0.2, 0.25) is 0 Å². The van der Waals surface area contributed by atoms with Crippen LogP contribution in [0.5, 0.6) is 0 Å². The Labute approximate surface area is 95.4 Å². The molecule has 0 aliphatic heterocycles. The van der Waals surface area contributed by atoms with Crippen molar-refractivity contribution in [2.45, 2.75) is 19.8 Å². The van der Waals surface area contributed by atoms with Gasteiger partial charge < -0.3 is 0 Å². The highest BCUT2D eigenvalue weighted by Gasteiger charge is 2.15. The van der Waals surface area contributed by atoms with Crippen LogP contribution in [0.3, 0.4) is 0 Å². The summed E-state index contributed by atoms with van der Waals surface area (Å²) in [4.78, 5) is 15.5. The first kappa shape index (κ1) is 10.6. The number of hydrogen-bond donors (Lipinski definition) is 0. The van der Waals surface area contributed by atoms with E-state index in [0.29, 0.717) is 12.3 Å². The number of pyridine rings is 1. The SMILES string of the molecule is CC1CC(=O)C=C(C#Cc2ccccn2)C1. The second-order valence-corrected chi connectivity index (χ2v) is 4.11. The molecule has 1 heterocycles. The van der Waals surface area contributed by atoms with E-state index in [1.807, 2.05) is 18.2 Å². The molecule has 1 unspecified atom stereocenters. The number of nitrogens with zero attached hydrogens (tertiary/aromatic N) is 1. The highest BCUT2D eigenvalue weighted by atomic mass is 16.1. The maximum atomic E-state index is 11.3. The molecule has 1 aromatic rings. The summed E-state index contributed by atoms with van der Waals surface area (Å²) >= 11 is 0. The standard InChI is InChI=1S/C14H13NO/c1-11-8-12(10-14(16)9-11)5-6-13-4-2-3-7-15-13/h2-4,7,10-11H,8-9H2,1H3. The van der Waals surface area contributed by atoms with Gasteiger partial charge in [-0.05, 0) is 36.5 Å². The van der Waals surface area contributed by atoms with E-state index >= 15 is 0 Å². The topological polar surface area (TPSA) is 30.0 Å². The molecule has 16 heavy (non-hydrogen) atoms. The van der Waals surface area contributed by atoms with E-state index in [-0.39, 0.29) is 5.78 Å². The quantitative estimate of drug-likeness (QED) is 0.617. The van der Waals surface area contributed by atoms with E-state index in [4.69, 9.17) is 0 Å². The lowest BCUT2D eigenvalue weighted by Gasteiger charge is -2.13. The molecule has 1 atom stereocenters. The van der Waals surface area contributed by atoms with Crippen LogP contribution in [-0.2, 0) is 4.79 Å². The lowest BCUT2D eigenvalue weighted by molar-refractivity contribution is -0.115. The third kappa shape index (κ3) is 2.80. The lowest BCUT2D eigenvalue weighted by atomic mass is 9.90. The van der Waals surface area contributed by atoms with E-state index in [1.54, 1.807) is 12.3 Å². The zero-order valence-corrected chi connectivity index (χ0v) is 9.23. The molecule has 0 fully saturated rings. The summed E-state index contributed by atoms with van der Waals surface area (Å²) in [7, 11) is 0. The Hall–Kier alpha value is -1.88. The van der Waals surface area contributed by atoms with Crippen LogP contribution in [0.4, 0.5) is 0 Å². The molecule has 0 spiro atoms. The number of carbonyl (C=O) groups excluding carboxylic acids is 1. The Morgan fingerprint density at radius 3 is 2.88 bits per heavy atom. The number of carbonyl (C=O) groups is 1. The van der Waals surface area contributed by atoms with Crippen LogP contribution in [0.1, 0.15) is 25.5 Å². The Kier molecular flexibility index (Phi) is 3.16. The fourth-order valence-corrected chi connectivity index (χ4v) is 1.77. The average molecular weight is 211 g/mol. The van der Waals surface area contributed by atoms with Crippen molar-refractivity contribution in [1.29, 1.82) is 0 Å². The molecule has 0 bridgehead atoms. The molecule has 0 amide bonds. The van der Waals surface area contributed by atoms with Gasteiger partial charge in [-0.15, -0.1) is 0 Å². The first-order chi connectivity index (χ1) is 7.74. The number of ketones is 1. The monoisotopic (exact) mass is 211 g/mol. The maximum absolute atomic E-state index is 11.3. The van der Waals surface area contributed by atoms with Gasteiger partial charge in [-0.2, -0.15) is 0 Å². The van der Waals surface area contributed by atoms with Crippen LogP contribution >= 0.6 is 0 Å². The molecule has 0 saturated carbocycles. The van der Waals surface area contributed by atoms with Crippen molar-refractivity contribution >= 4 is 5.78 Å². The van der Waals surface area contributed by atoms with Crippen molar-refractivity contribution in [3.8, 4) is 11.8 Å². The lowest BCUT2D eigenvalue weighted by Crippen LogP contribution is -2.10. The summed E-state index contributed by atoms with van der Waals surface area (Å²) in [5.41, 5.74) is 1.67. The van der Waals surface area contributed by atoms with Crippen LogP contribution in [0.25, 0.3) is 0 Å². The number of aromatic nitrogens is 1. The molecule has 1 aromatic heterocycles. The van der Waals surface area contributed by atoms with Gasteiger partial charge in [0.05, 0.1) is 0 Å². The van der Waals surface area contributed by atoms with Crippen molar-refractivity contribution < 1.29 is 4.79 Å². The highest BCUT2D eigenvalue weighted by Crippen LogP contribution is 2.20. The Morgan fingerprint density at radius 2 is 2.19 bits per heavy atom. The van der Waals surface area contributed by atoms with E-state index in [0.717, 1.165) is 17.7 Å². The minimum atomic E-state index is 0.184. The molecular formula is C14H13NO. The number of rotatable bonds is 0. The Bertz CT molecular complexity index is 476. The second kappa shape index (κ2) is 4.76. The van der Waals surface area contributed by atoms with E-state index in [1.165, 1.54) is 0 Å². The Morgan fingerprint density at radius 1 is 1.31 bits per heavy atom.